The van der Waals surface area contributed by atoms with Crippen LogP contribution in [0.25, 0.3) is 0 Å². The second-order valence-corrected chi connectivity index (χ2v) is 4.20. The van der Waals surface area contributed by atoms with E-state index in [0.29, 0.717) is 0 Å². The third-order valence-corrected chi connectivity index (χ3v) is 3.17. The molecule has 2 nitrogen and oxygen atoms in total. The molecule has 1 aromatic heterocycles. The summed E-state index contributed by atoms with van der Waals surface area (Å²) in [5, 5.41) is 0. The number of rotatable bonds is 2. The van der Waals surface area contributed by atoms with Crippen LogP contribution in [0, 0.1) is 11.9 Å². The minimum Gasteiger partial charge on any atom is -0.371 e. The van der Waals surface area contributed by atoms with Gasteiger partial charge in [0.1, 0.15) is 0 Å². The quantitative estimate of drug-likeness (QED) is 0.695. The number of nitrogens with zero attached hydrogens (tertiary/aromatic N) is 2. The van der Waals surface area contributed by atoms with Crippen molar-refractivity contribution in [3.63, 3.8) is 0 Å². The predicted octanol–water partition coefficient (Wildman–Crippen LogP) is 2.85. The molecule has 15 heavy (non-hydrogen) atoms. The fourth-order valence-corrected chi connectivity index (χ4v) is 2.22. The molecule has 1 fully saturated rings. The highest BCUT2D eigenvalue weighted by atomic mass is 19.1. The monoisotopic (exact) mass is 208 g/mol. The molecule has 3 heteroatoms. The van der Waals surface area contributed by atoms with Crippen LogP contribution in [0.2, 0.25) is 0 Å². The van der Waals surface area contributed by atoms with Gasteiger partial charge in [0, 0.05) is 31.0 Å². The Bertz CT molecular complexity index is 327. The van der Waals surface area contributed by atoms with Crippen LogP contribution in [0.4, 0.5) is 10.1 Å². The Kier molecular flexibility index (Phi) is 3.19. The van der Waals surface area contributed by atoms with Gasteiger partial charge in [-0.15, -0.1) is 0 Å². The van der Waals surface area contributed by atoms with Crippen LogP contribution in [-0.2, 0) is 0 Å². The molecule has 0 aromatic carbocycles. The van der Waals surface area contributed by atoms with Gasteiger partial charge in [0.05, 0.1) is 0 Å². The smallest absolute Gasteiger partial charge is 0.214 e. The van der Waals surface area contributed by atoms with E-state index in [1.54, 1.807) is 6.20 Å². The van der Waals surface area contributed by atoms with Gasteiger partial charge in [0.15, 0.2) is 0 Å². The number of anilines is 1. The summed E-state index contributed by atoms with van der Waals surface area (Å²) in [7, 11) is 0. The number of aromatic nitrogens is 1. The Labute approximate surface area is 90.1 Å². The summed E-state index contributed by atoms with van der Waals surface area (Å²) < 4.78 is 13.0. The highest BCUT2D eigenvalue weighted by molar-refractivity contribution is 5.45. The van der Waals surface area contributed by atoms with Gasteiger partial charge < -0.3 is 4.90 Å². The SMILES string of the molecule is CCC1CCCN(c2ccnc(F)c2)C1. The maximum atomic E-state index is 13.0. The molecule has 2 rings (SSSR count). The summed E-state index contributed by atoms with van der Waals surface area (Å²) >= 11 is 0. The fraction of sp³-hybridized carbons (Fsp3) is 0.583. The van der Waals surface area contributed by atoms with E-state index in [2.05, 4.69) is 16.8 Å². The van der Waals surface area contributed by atoms with Gasteiger partial charge in [0.2, 0.25) is 5.95 Å². The lowest BCUT2D eigenvalue weighted by Gasteiger charge is -2.33. The van der Waals surface area contributed by atoms with Crippen molar-refractivity contribution in [3.05, 3.63) is 24.3 Å². The lowest BCUT2D eigenvalue weighted by atomic mass is 9.95. The number of piperidine rings is 1. The van der Waals surface area contributed by atoms with Gasteiger partial charge in [-0.05, 0) is 24.8 Å². The van der Waals surface area contributed by atoms with E-state index >= 15 is 0 Å². The van der Waals surface area contributed by atoms with Crippen molar-refractivity contribution in [2.75, 3.05) is 18.0 Å². The molecular formula is C12H17FN2. The molecule has 0 radical (unpaired) electrons. The van der Waals surface area contributed by atoms with Crippen LogP contribution in [-0.4, -0.2) is 18.1 Å². The fourth-order valence-electron chi connectivity index (χ4n) is 2.22. The van der Waals surface area contributed by atoms with Crippen molar-refractivity contribution in [2.24, 2.45) is 5.92 Å². The molecule has 1 aliphatic rings. The number of hydrogen-bond acceptors (Lipinski definition) is 2. The molecule has 0 aliphatic carbocycles. The van der Waals surface area contributed by atoms with Crippen LogP contribution in [0.1, 0.15) is 26.2 Å². The van der Waals surface area contributed by atoms with Crippen molar-refractivity contribution in [2.45, 2.75) is 26.2 Å². The van der Waals surface area contributed by atoms with Gasteiger partial charge >= 0.3 is 0 Å². The maximum absolute atomic E-state index is 13.0. The van der Waals surface area contributed by atoms with Crippen molar-refractivity contribution < 1.29 is 4.39 Å². The van der Waals surface area contributed by atoms with Crippen molar-refractivity contribution >= 4 is 5.69 Å². The molecule has 1 unspecified atom stereocenters. The van der Waals surface area contributed by atoms with Gasteiger partial charge in [0.25, 0.3) is 0 Å². The highest BCUT2D eigenvalue weighted by Crippen LogP contribution is 2.24. The van der Waals surface area contributed by atoms with E-state index in [-0.39, 0.29) is 5.95 Å². The summed E-state index contributed by atoms with van der Waals surface area (Å²) in [5.74, 6) is 0.376. The van der Waals surface area contributed by atoms with E-state index < -0.39 is 0 Å². The first kappa shape index (κ1) is 10.4. The molecule has 1 aliphatic heterocycles. The summed E-state index contributed by atoms with van der Waals surface area (Å²) in [6.45, 7) is 4.32. The minimum absolute atomic E-state index is 0.383. The number of hydrogen-bond donors (Lipinski definition) is 0. The first-order valence-electron chi connectivity index (χ1n) is 5.66. The zero-order valence-electron chi connectivity index (χ0n) is 9.12. The van der Waals surface area contributed by atoms with Crippen molar-refractivity contribution in [1.29, 1.82) is 0 Å². The van der Waals surface area contributed by atoms with E-state index in [0.717, 1.165) is 24.7 Å². The summed E-state index contributed by atoms with van der Waals surface area (Å²) in [6, 6.07) is 3.42. The van der Waals surface area contributed by atoms with Crippen molar-refractivity contribution in [1.82, 2.24) is 4.98 Å². The van der Waals surface area contributed by atoms with Gasteiger partial charge in [-0.3, -0.25) is 0 Å². The molecule has 82 valence electrons. The molecule has 0 bridgehead atoms. The van der Waals surface area contributed by atoms with Crippen LogP contribution in [0.3, 0.4) is 0 Å². The van der Waals surface area contributed by atoms with Gasteiger partial charge in [-0.2, -0.15) is 4.39 Å². The average molecular weight is 208 g/mol. The predicted molar refractivity (Wildman–Crippen MR) is 59.4 cm³/mol. The highest BCUT2D eigenvalue weighted by Gasteiger charge is 2.18. The molecule has 0 saturated carbocycles. The lowest BCUT2D eigenvalue weighted by Crippen LogP contribution is -2.35. The molecule has 0 amide bonds. The average Bonchev–Trinajstić information content (AvgIpc) is 2.29. The topological polar surface area (TPSA) is 16.1 Å². The molecule has 1 saturated heterocycles. The van der Waals surface area contributed by atoms with Crippen LogP contribution < -0.4 is 4.90 Å². The molecule has 2 heterocycles. The van der Waals surface area contributed by atoms with Crippen LogP contribution in [0.15, 0.2) is 18.3 Å². The van der Waals surface area contributed by atoms with E-state index in [1.807, 2.05) is 6.07 Å². The van der Waals surface area contributed by atoms with E-state index in [9.17, 15) is 4.39 Å². The minimum atomic E-state index is -0.383. The normalized spacial score (nSPS) is 21.7. The van der Waals surface area contributed by atoms with Crippen LogP contribution in [0.5, 0.6) is 0 Å². The Balaban J connectivity index is 2.09. The molecule has 1 aromatic rings. The maximum Gasteiger partial charge on any atom is 0.214 e. The lowest BCUT2D eigenvalue weighted by molar-refractivity contribution is 0.404. The Hall–Kier alpha value is -1.12. The summed E-state index contributed by atoms with van der Waals surface area (Å²) in [6.07, 6.45) is 5.27. The summed E-state index contributed by atoms with van der Waals surface area (Å²) in [5.41, 5.74) is 0.973. The second kappa shape index (κ2) is 4.60. The van der Waals surface area contributed by atoms with E-state index in [4.69, 9.17) is 0 Å². The Morgan fingerprint density at radius 3 is 3.20 bits per heavy atom. The van der Waals surface area contributed by atoms with E-state index in [1.165, 1.54) is 25.3 Å². The third kappa shape index (κ3) is 2.46. The number of pyridine rings is 1. The Morgan fingerprint density at radius 1 is 1.60 bits per heavy atom. The van der Waals surface area contributed by atoms with Crippen LogP contribution >= 0.6 is 0 Å². The summed E-state index contributed by atoms with van der Waals surface area (Å²) in [4.78, 5) is 5.85. The van der Waals surface area contributed by atoms with Gasteiger partial charge in [-0.25, -0.2) is 4.98 Å². The number of halogens is 1. The standard InChI is InChI=1S/C12H17FN2/c1-2-10-4-3-7-15(9-10)11-5-6-14-12(13)8-11/h5-6,8,10H,2-4,7,9H2,1H3. The first-order valence-corrected chi connectivity index (χ1v) is 5.66. The first-order chi connectivity index (χ1) is 7.29. The molecule has 0 spiro atoms. The molecule has 1 atom stereocenters. The van der Waals surface area contributed by atoms with Crippen molar-refractivity contribution in [3.8, 4) is 0 Å². The zero-order valence-corrected chi connectivity index (χ0v) is 9.12. The van der Waals surface area contributed by atoms with Gasteiger partial charge in [-0.1, -0.05) is 13.3 Å². The zero-order chi connectivity index (χ0) is 10.7. The second-order valence-electron chi connectivity index (χ2n) is 4.20. The third-order valence-electron chi connectivity index (χ3n) is 3.17. The molecular weight excluding hydrogens is 191 g/mol. The molecule has 0 N–H and O–H groups in total. The largest absolute Gasteiger partial charge is 0.371 e. The Morgan fingerprint density at radius 2 is 2.47 bits per heavy atom.